The summed E-state index contributed by atoms with van der Waals surface area (Å²) in [5.74, 6) is -2.17. The van der Waals surface area contributed by atoms with Gasteiger partial charge in [-0.1, -0.05) is 13.3 Å². The van der Waals surface area contributed by atoms with Crippen molar-refractivity contribution in [3.05, 3.63) is 0 Å². The molecule has 0 radical (unpaired) electrons. The highest BCUT2D eigenvalue weighted by Crippen LogP contribution is 2.53. The Kier molecular flexibility index (Phi) is 5.09. The van der Waals surface area contributed by atoms with Crippen molar-refractivity contribution >= 4 is 11.9 Å². The Bertz CT molecular complexity index is 413. The van der Waals surface area contributed by atoms with Gasteiger partial charge in [0, 0.05) is 5.92 Å². The van der Waals surface area contributed by atoms with Crippen molar-refractivity contribution in [1.29, 1.82) is 0 Å². The summed E-state index contributed by atoms with van der Waals surface area (Å²) in [5, 5.41) is 9.86. The smallest absolute Gasteiger partial charge is 0.323 e. The summed E-state index contributed by atoms with van der Waals surface area (Å²) in [6.45, 7) is 11.3. The van der Waals surface area contributed by atoms with Crippen molar-refractivity contribution < 1.29 is 24.2 Å². The van der Waals surface area contributed by atoms with E-state index in [0.717, 1.165) is 0 Å². The molecule has 0 aromatic rings. The quantitative estimate of drug-likeness (QED) is 0.603. The monoisotopic (exact) mass is 300 g/mol. The van der Waals surface area contributed by atoms with E-state index in [0.29, 0.717) is 12.8 Å². The number of hydrogen-bond acceptors (Lipinski definition) is 4. The van der Waals surface area contributed by atoms with Gasteiger partial charge in [0.1, 0.15) is 0 Å². The lowest BCUT2D eigenvalue weighted by atomic mass is 9.64. The number of carboxylic acids is 1. The molecule has 0 amide bonds. The van der Waals surface area contributed by atoms with E-state index in [9.17, 15) is 14.7 Å². The number of hydrogen-bond donors (Lipinski definition) is 1. The Balaban J connectivity index is 3.35. The van der Waals surface area contributed by atoms with E-state index < -0.39 is 34.5 Å². The lowest BCUT2D eigenvalue weighted by Gasteiger charge is -2.38. The molecule has 0 aromatic carbocycles. The third kappa shape index (κ3) is 3.23. The fourth-order valence-corrected chi connectivity index (χ4v) is 3.75. The highest BCUT2D eigenvalue weighted by molar-refractivity contribution is 5.99. The second-order valence-corrected chi connectivity index (χ2v) is 6.97. The first-order chi connectivity index (χ1) is 9.53. The van der Waals surface area contributed by atoms with Crippen LogP contribution in [0.2, 0.25) is 0 Å². The highest BCUT2D eigenvalue weighted by Gasteiger charge is 2.63. The first kappa shape index (κ1) is 18.0. The van der Waals surface area contributed by atoms with E-state index in [-0.39, 0.29) is 13.0 Å². The van der Waals surface area contributed by atoms with Gasteiger partial charge in [0.05, 0.1) is 17.8 Å². The third-order valence-electron chi connectivity index (χ3n) is 4.33. The van der Waals surface area contributed by atoms with Crippen LogP contribution in [0.5, 0.6) is 0 Å². The maximum absolute atomic E-state index is 12.5. The van der Waals surface area contributed by atoms with E-state index in [1.54, 1.807) is 6.92 Å². The van der Waals surface area contributed by atoms with Gasteiger partial charge in [-0.2, -0.15) is 0 Å². The van der Waals surface area contributed by atoms with E-state index in [1.165, 1.54) is 0 Å². The van der Waals surface area contributed by atoms with E-state index in [2.05, 4.69) is 0 Å². The molecule has 1 aliphatic rings. The van der Waals surface area contributed by atoms with Crippen LogP contribution < -0.4 is 0 Å². The number of esters is 1. The minimum atomic E-state index is -1.54. The molecule has 1 fully saturated rings. The van der Waals surface area contributed by atoms with Crippen LogP contribution in [-0.2, 0) is 19.1 Å². The first-order valence-electron chi connectivity index (χ1n) is 7.64. The summed E-state index contributed by atoms with van der Waals surface area (Å²) in [6.07, 6.45) is 1.37. The third-order valence-corrected chi connectivity index (χ3v) is 4.33. The molecule has 1 rings (SSSR count). The lowest BCUT2D eigenvalue weighted by molar-refractivity contribution is -0.180. The zero-order chi connectivity index (χ0) is 16.5. The van der Waals surface area contributed by atoms with Gasteiger partial charge >= 0.3 is 11.9 Å². The zero-order valence-corrected chi connectivity index (χ0v) is 14.0. The molecule has 0 saturated carbocycles. The van der Waals surface area contributed by atoms with Crippen LogP contribution in [0.4, 0.5) is 0 Å². The molecule has 1 heterocycles. The predicted molar refractivity (Wildman–Crippen MR) is 79.0 cm³/mol. The Morgan fingerprint density at radius 3 is 2.19 bits per heavy atom. The molecule has 1 saturated heterocycles. The van der Waals surface area contributed by atoms with Gasteiger partial charge in [-0.3, -0.25) is 9.59 Å². The van der Waals surface area contributed by atoms with Crippen LogP contribution >= 0.6 is 0 Å². The first-order valence-corrected chi connectivity index (χ1v) is 7.64. The number of carbonyl (C=O) groups is 2. The fraction of sp³-hybridized carbons (Fsp3) is 0.875. The van der Waals surface area contributed by atoms with Crippen molar-refractivity contribution in [3.63, 3.8) is 0 Å². The largest absolute Gasteiger partial charge is 0.480 e. The van der Waals surface area contributed by atoms with Crippen molar-refractivity contribution in [2.45, 2.75) is 72.0 Å². The van der Waals surface area contributed by atoms with Gasteiger partial charge in [-0.15, -0.1) is 0 Å². The molecule has 1 N–H and O–H groups in total. The van der Waals surface area contributed by atoms with Gasteiger partial charge in [0.15, 0.2) is 5.41 Å². The van der Waals surface area contributed by atoms with Gasteiger partial charge < -0.3 is 14.6 Å². The molecule has 0 aromatic heterocycles. The summed E-state index contributed by atoms with van der Waals surface area (Å²) in [5.41, 5.74) is -2.68. The number of carbonyl (C=O) groups excluding carboxylic acids is 1. The summed E-state index contributed by atoms with van der Waals surface area (Å²) < 4.78 is 11.1. The maximum atomic E-state index is 12.5. The van der Waals surface area contributed by atoms with Crippen LogP contribution in [0.25, 0.3) is 0 Å². The van der Waals surface area contributed by atoms with Gasteiger partial charge in [-0.25, -0.2) is 0 Å². The molecule has 0 bridgehead atoms. The van der Waals surface area contributed by atoms with E-state index in [1.807, 2.05) is 34.6 Å². The minimum absolute atomic E-state index is 0.176. The van der Waals surface area contributed by atoms with Crippen molar-refractivity contribution in [3.8, 4) is 0 Å². The van der Waals surface area contributed by atoms with Crippen molar-refractivity contribution in [2.75, 3.05) is 6.61 Å². The number of aliphatic carboxylic acids is 1. The molecule has 21 heavy (non-hydrogen) atoms. The molecule has 5 heteroatoms. The molecule has 2 atom stereocenters. The molecule has 122 valence electrons. The normalized spacial score (nSPS) is 26.1. The number of carboxylic acid groups (broad SMARTS) is 1. The Morgan fingerprint density at radius 2 is 1.86 bits per heavy atom. The Morgan fingerprint density at radius 1 is 1.29 bits per heavy atom. The molecule has 0 aliphatic carbocycles. The van der Waals surface area contributed by atoms with Crippen LogP contribution in [0, 0.1) is 11.3 Å². The van der Waals surface area contributed by atoms with Crippen molar-refractivity contribution in [2.24, 2.45) is 11.3 Å². The lowest BCUT2D eigenvalue weighted by Crippen LogP contribution is -2.52. The van der Waals surface area contributed by atoms with Gasteiger partial charge in [0.2, 0.25) is 0 Å². The highest BCUT2D eigenvalue weighted by atomic mass is 16.5. The Labute approximate surface area is 127 Å². The predicted octanol–water partition coefficient (Wildman–Crippen LogP) is 3.01. The van der Waals surface area contributed by atoms with Crippen LogP contribution in [0.15, 0.2) is 0 Å². The Hall–Kier alpha value is -1.10. The van der Waals surface area contributed by atoms with Crippen molar-refractivity contribution in [1.82, 2.24) is 0 Å². The fourth-order valence-electron chi connectivity index (χ4n) is 3.75. The minimum Gasteiger partial charge on any atom is -0.480 e. The van der Waals surface area contributed by atoms with E-state index >= 15 is 0 Å². The molecule has 2 unspecified atom stereocenters. The van der Waals surface area contributed by atoms with Crippen LogP contribution in [0.1, 0.15) is 60.8 Å². The number of rotatable bonds is 6. The summed E-state index contributed by atoms with van der Waals surface area (Å²) in [6, 6.07) is 0. The standard InChI is InChI=1S/C16H28O5/c1-7-9-16(12(17)18,13(19)20-8-2)11-10-14(3,4)21-15(11,5)6/h11H,7-10H2,1-6H3,(H,17,18). The maximum Gasteiger partial charge on any atom is 0.323 e. The van der Waals surface area contributed by atoms with Gasteiger partial charge in [0.25, 0.3) is 0 Å². The molecule has 5 nitrogen and oxygen atoms in total. The summed E-state index contributed by atoms with van der Waals surface area (Å²) in [7, 11) is 0. The summed E-state index contributed by atoms with van der Waals surface area (Å²) >= 11 is 0. The topological polar surface area (TPSA) is 72.8 Å². The average molecular weight is 300 g/mol. The SMILES string of the molecule is CCCC(C(=O)O)(C(=O)OCC)C1CC(C)(C)OC1(C)C. The van der Waals surface area contributed by atoms with E-state index in [4.69, 9.17) is 9.47 Å². The molecule has 1 aliphatic heterocycles. The number of ether oxygens (including phenoxy) is 2. The van der Waals surface area contributed by atoms with Gasteiger partial charge in [-0.05, 0) is 47.5 Å². The second-order valence-electron chi connectivity index (χ2n) is 6.97. The molecular weight excluding hydrogens is 272 g/mol. The molecule has 0 spiro atoms. The molecular formula is C16H28O5. The second kappa shape index (κ2) is 5.95. The van der Waals surface area contributed by atoms with Crippen LogP contribution in [0.3, 0.4) is 0 Å². The van der Waals surface area contributed by atoms with Crippen LogP contribution in [-0.4, -0.2) is 34.9 Å². The summed E-state index contributed by atoms with van der Waals surface area (Å²) in [4.78, 5) is 24.6. The zero-order valence-electron chi connectivity index (χ0n) is 14.0. The average Bonchev–Trinajstić information content (AvgIpc) is 2.54.